The number of hydrogen-bond acceptors (Lipinski definition) is 10. The van der Waals surface area contributed by atoms with Crippen LogP contribution >= 0.6 is 0 Å². The number of hydrogen-bond donors (Lipinski definition) is 0. The maximum Gasteiger partial charge on any atom is 0.251 e. The van der Waals surface area contributed by atoms with Gasteiger partial charge in [0.05, 0.1) is 41.4 Å². The number of piperazine rings is 1. The number of sulfone groups is 1. The first kappa shape index (κ1) is 30.6. The van der Waals surface area contributed by atoms with Crippen LogP contribution in [0.5, 0.6) is 11.5 Å². The molecule has 2 aromatic heterocycles. The lowest BCUT2D eigenvalue weighted by Gasteiger charge is -2.31. The molecule has 1 aliphatic heterocycles. The number of methoxy groups -OCH3 is 2. The Morgan fingerprint density at radius 2 is 1.33 bits per heavy atom. The minimum absolute atomic E-state index is 0.215. The van der Waals surface area contributed by atoms with Crippen molar-refractivity contribution in [3.8, 4) is 39.8 Å². The molecule has 3 aromatic carbocycles. The van der Waals surface area contributed by atoms with Crippen LogP contribution in [0.2, 0.25) is 0 Å². The van der Waals surface area contributed by atoms with Crippen molar-refractivity contribution in [1.82, 2.24) is 29.0 Å². The molecule has 5 aromatic rings. The molecule has 1 fully saturated rings. The first-order valence-corrected chi connectivity index (χ1v) is 17.4. The molecule has 0 aliphatic carbocycles. The number of nitrogens with zero attached hydrogens (tertiary/aromatic N) is 6. The zero-order valence-corrected chi connectivity index (χ0v) is 26.8. The van der Waals surface area contributed by atoms with Gasteiger partial charge in [-0.2, -0.15) is 9.40 Å². The normalized spacial score (nSPS) is 14.9. The minimum atomic E-state index is -3.64. The van der Waals surface area contributed by atoms with Gasteiger partial charge in [-0.1, -0.05) is 24.3 Å². The summed E-state index contributed by atoms with van der Waals surface area (Å²) < 4.78 is 64.6. The quantitative estimate of drug-likeness (QED) is 0.246. The van der Waals surface area contributed by atoms with Crippen LogP contribution in [-0.4, -0.2) is 99.5 Å². The van der Waals surface area contributed by atoms with Gasteiger partial charge in [-0.05, 0) is 42.9 Å². The van der Waals surface area contributed by atoms with Crippen LogP contribution in [0.1, 0.15) is 0 Å². The number of aromatic nitrogens is 4. The van der Waals surface area contributed by atoms with Gasteiger partial charge in [-0.3, -0.25) is 0 Å². The average Bonchev–Trinajstić information content (AvgIpc) is 3.54. The molecule has 0 spiro atoms. The molecule has 0 bridgehead atoms. The highest BCUT2D eigenvalue weighted by molar-refractivity contribution is 7.90. The highest BCUT2D eigenvalue weighted by atomic mass is 32.2. The molecule has 1 saturated heterocycles. The van der Waals surface area contributed by atoms with Gasteiger partial charge in [0.1, 0.15) is 0 Å². The van der Waals surface area contributed by atoms with Gasteiger partial charge in [-0.15, -0.1) is 0 Å². The molecular weight excluding hydrogens is 617 g/mol. The Morgan fingerprint density at radius 3 is 1.96 bits per heavy atom. The maximum absolute atomic E-state index is 13.3. The third-order valence-corrected chi connectivity index (χ3v) is 10.9. The van der Waals surface area contributed by atoms with Crippen molar-refractivity contribution < 1.29 is 26.3 Å². The fourth-order valence-corrected chi connectivity index (χ4v) is 7.26. The van der Waals surface area contributed by atoms with Gasteiger partial charge >= 0.3 is 0 Å². The Labute approximate surface area is 261 Å². The number of fused-ring (bicyclic) bond motifs is 1. The highest BCUT2D eigenvalue weighted by Crippen LogP contribution is 2.36. The average molecular weight is 649 g/mol. The monoisotopic (exact) mass is 648 g/mol. The number of rotatable bonds is 8. The Hall–Kier alpha value is -4.37. The maximum atomic E-state index is 13.3. The van der Waals surface area contributed by atoms with Crippen molar-refractivity contribution in [3.05, 3.63) is 73.1 Å². The van der Waals surface area contributed by atoms with Crippen molar-refractivity contribution in [3.63, 3.8) is 0 Å². The fourth-order valence-electron chi connectivity index (χ4n) is 5.20. The molecule has 14 heteroatoms. The topological polar surface area (TPSA) is 137 Å². The van der Waals surface area contributed by atoms with Crippen molar-refractivity contribution in [1.29, 1.82) is 0 Å². The van der Waals surface area contributed by atoms with Crippen LogP contribution in [-0.2, 0) is 19.9 Å². The van der Waals surface area contributed by atoms with Gasteiger partial charge in [0, 0.05) is 61.2 Å². The van der Waals surface area contributed by atoms with E-state index in [0.29, 0.717) is 59.8 Å². The minimum Gasteiger partial charge on any atom is -0.493 e. The third-order valence-electron chi connectivity index (χ3n) is 7.82. The number of likely N-dealkylation sites (N-methyl/N-ethyl adjacent to an activating group) is 1. The van der Waals surface area contributed by atoms with E-state index in [1.807, 2.05) is 7.05 Å². The van der Waals surface area contributed by atoms with Crippen LogP contribution in [0.15, 0.2) is 82.8 Å². The van der Waals surface area contributed by atoms with Crippen LogP contribution in [0.4, 0.5) is 0 Å². The van der Waals surface area contributed by atoms with Gasteiger partial charge in [0.25, 0.3) is 5.95 Å². The summed E-state index contributed by atoms with van der Waals surface area (Å²) in [6.45, 7) is 2.24. The summed E-state index contributed by atoms with van der Waals surface area (Å²) in [5.41, 5.74) is 3.31. The molecule has 45 heavy (non-hydrogen) atoms. The summed E-state index contributed by atoms with van der Waals surface area (Å²) >= 11 is 0. The predicted molar refractivity (Wildman–Crippen MR) is 170 cm³/mol. The Kier molecular flexibility index (Phi) is 8.07. The largest absolute Gasteiger partial charge is 0.493 e. The lowest BCUT2D eigenvalue weighted by atomic mass is 10.1. The second kappa shape index (κ2) is 11.9. The summed E-state index contributed by atoms with van der Waals surface area (Å²) in [7, 11) is -1.89. The van der Waals surface area contributed by atoms with Gasteiger partial charge < -0.3 is 14.4 Å². The molecule has 234 valence electrons. The van der Waals surface area contributed by atoms with E-state index in [1.54, 1.807) is 87.3 Å². The van der Waals surface area contributed by atoms with Crippen molar-refractivity contribution in [2.45, 2.75) is 9.79 Å². The molecule has 0 unspecified atom stereocenters. The molecule has 0 amide bonds. The Bertz CT molecular complexity index is 2090. The Balaban J connectivity index is 1.42. The molecule has 0 radical (unpaired) electrons. The summed E-state index contributed by atoms with van der Waals surface area (Å²) in [5.74, 6) is 1.26. The van der Waals surface area contributed by atoms with E-state index in [9.17, 15) is 16.8 Å². The molecule has 0 N–H and O–H groups in total. The molecule has 3 heterocycles. The highest BCUT2D eigenvalue weighted by Gasteiger charge is 2.27. The van der Waals surface area contributed by atoms with Gasteiger partial charge in [-0.25, -0.2) is 31.5 Å². The van der Waals surface area contributed by atoms with Crippen LogP contribution in [0, 0.1) is 0 Å². The number of sulfonamides is 1. The number of benzene rings is 3. The first-order chi connectivity index (χ1) is 21.5. The van der Waals surface area contributed by atoms with Crippen LogP contribution < -0.4 is 9.47 Å². The predicted octanol–water partition coefficient (Wildman–Crippen LogP) is 3.51. The van der Waals surface area contributed by atoms with E-state index < -0.39 is 19.9 Å². The molecule has 12 nitrogen and oxygen atoms in total. The van der Waals surface area contributed by atoms with Crippen LogP contribution in [0.25, 0.3) is 39.2 Å². The van der Waals surface area contributed by atoms with E-state index >= 15 is 0 Å². The summed E-state index contributed by atoms with van der Waals surface area (Å²) in [6.07, 6.45) is 4.57. The standard InChI is InChI=1S/C31H32N6O6S2/c1-35-13-15-36(16-14-35)45(40,41)25-11-7-22(8-12-25)30-26-17-28(42-2)29(43-3)18-27(26)33-31(34-30)37-20-23(19-32-37)21-5-9-24(10-6-21)44(4,38)39/h5-12,17-20H,13-16H2,1-4H3. The van der Waals surface area contributed by atoms with Gasteiger partial charge in [0.2, 0.25) is 10.0 Å². The van der Waals surface area contributed by atoms with E-state index in [2.05, 4.69) is 10.00 Å². The smallest absolute Gasteiger partial charge is 0.251 e. The van der Waals surface area contributed by atoms with Crippen molar-refractivity contribution in [2.24, 2.45) is 0 Å². The zero-order valence-electron chi connectivity index (χ0n) is 25.2. The second-order valence-corrected chi connectivity index (χ2v) is 14.8. The van der Waals surface area contributed by atoms with E-state index in [-0.39, 0.29) is 15.7 Å². The van der Waals surface area contributed by atoms with Crippen LogP contribution in [0.3, 0.4) is 0 Å². The molecule has 1 aliphatic rings. The lowest BCUT2D eigenvalue weighted by Crippen LogP contribution is -2.46. The second-order valence-electron chi connectivity index (χ2n) is 10.8. The third kappa shape index (κ3) is 6.01. The summed E-state index contributed by atoms with van der Waals surface area (Å²) in [4.78, 5) is 12.2. The SMILES string of the molecule is COc1cc2nc(-n3cc(-c4ccc(S(C)(=O)=O)cc4)cn3)nc(-c3ccc(S(=O)(=O)N4CCN(C)CC4)cc3)c2cc1OC. The van der Waals surface area contributed by atoms with E-state index in [1.165, 1.54) is 15.2 Å². The lowest BCUT2D eigenvalue weighted by molar-refractivity contribution is 0.222. The molecule has 6 rings (SSSR count). The molecule has 0 atom stereocenters. The zero-order chi connectivity index (χ0) is 31.9. The first-order valence-electron chi connectivity index (χ1n) is 14.1. The summed E-state index contributed by atoms with van der Waals surface area (Å²) in [6, 6.07) is 16.8. The fraction of sp³-hybridized carbons (Fsp3) is 0.258. The molecule has 0 saturated carbocycles. The summed E-state index contributed by atoms with van der Waals surface area (Å²) in [5, 5.41) is 5.16. The number of ether oxygens (including phenoxy) is 2. The van der Waals surface area contributed by atoms with Gasteiger partial charge in [0.15, 0.2) is 21.3 Å². The Morgan fingerprint density at radius 1 is 0.733 bits per heavy atom. The van der Waals surface area contributed by atoms with E-state index in [0.717, 1.165) is 11.1 Å². The molecular formula is C31H32N6O6S2. The van der Waals surface area contributed by atoms with Crippen molar-refractivity contribution in [2.75, 3.05) is 53.7 Å². The van der Waals surface area contributed by atoms with Crippen molar-refractivity contribution >= 4 is 30.8 Å². The van der Waals surface area contributed by atoms with E-state index in [4.69, 9.17) is 19.4 Å².